The quantitative estimate of drug-likeness (QED) is 0.640. The summed E-state index contributed by atoms with van der Waals surface area (Å²) < 4.78 is 4.96. The Morgan fingerprint density at radius 3 is 2.83 bits per heavy atom. The van der Waals surface area contributed by atoms with Crippen LogP contribution in [0.1, 0.15) is 12.5 Å². The number of ether oxygens (including phenoxy) is 1. The summed E-state index contributed by atoms with van der Waals surface area (Å²) in [5.74, 6) is 3.14. The Bertz CT molecular complexity index is 331. The summed E-state index contributed by atoms with van der Waals surface area (Å²) in [7, 11) is 0. The summed E-state index contributed by atoms with van der Waals surface area (Å²) in [6, 6.07) is 5.29. The van der Waals surface area contributed by atoms with E-state index in [4.69, 9.17) is 4.74 Å². The number of aromatic hydroxyl groups is 1. The fourth-order valence-corrected chi connectivity index (χ4v) is 0.820. The second-order valence-corrected chi connectivity index (χ2v) is 2.38. The van der Waals surface area contributed by atoms with Crippen LogP contribution in [-0.2, 0) is 0 Å². The molecule has 0 aliphatic carbocycles. The van der Waals surface area contributed by atoms with Gasteiger partial charge in [0.15, 0.2) is 11.5 Å². The standard InChI is InChI=1S/C10H10O2/c1-3-7-12-9-6-4-5-8(2)10(9)11/h4-6,11H,1-2H3. The summed E-state index contributed by atoms with van der Waals surface area (Å²) in [5.41, 5.74) is 0.783. The van der Waals surface area contributed by atoms with Crippen LogP contribution >= 0.6 is 0 Å². The maximum absolute atomic E-state index is 9.43. The number of hydrogen-bond donors (Lipinski definition) is 1. The van der Waals surface area contributed by atoms with Gasteiger partial charge in [0.25, 0.3) is 0 Å². The van der Waals surface area contributed by atoms with Gasteiger partial charge < -0.3 is 9.84 Å². The molecule has 0 radical (unpaired) electrons. The van der Waals surface area contributed by atoms with Crippen molar-refractivity contribution in [1.82, 2.24) is 0 Å². The minimum absolute atomic E-state index is 0.153. The SMILES string of the molecule is CC#COc1cccc(C)c1O. The number of phenols is 1. The molecule has 1 rings (SSSR count). The molecule has 1 aromatic carbocycles. The Morgan fingerprint density at radius 1 is 1.42 bits per heavy atom. The second-order valence-electron chi connectivity index (χ2n) is 2.38. The van der Waals surface area contributed by atoms with Gasteiger partial charge in [-0.2, -0.15) is 0 Å². The maximum atomic E-state index is 9.43. The summed E-state index contributed by atoms with van der Waals surface area (Å²) in [4.78, 5) is 0. The molecule has 0 atom stereocenters. The topological polar surface area (TPSA) is 29.5 Å². The molecule has 0 spiro atoms. The molecular weight excluding hydrogens is 152 g/mol. The number of benzene rings is 1. The predicted octanol–water partition coefficient (Wildman–Crippen LogP) is 2.06. The van der Waals surface area contributed by atoms with Gasteiger partial charge in [-0.3, -0.25) is 0 Å². The van der Waals surface area contributed by atoms with Gasteiger partial charge in [0, 0.05) is 6.92 Å². The number of aryl methyl sites for hydroxylation is 1. The fraction of sp³-hybridized carbons (Fsp3) is 0.200. The fourth-order valence-electron chi connectivity index (χ4n) is 0.820. The molecule has 2 nitrogen and oxygen atoms in total. The Morgan fingerprint density at radius 2 is 2.17 bits per heavy atom. The summed E-state index contributed by atoms with van der Waals surface area (Å²) >= 11 is 0. The van der Waals surface area contributed by atoms with E-state index in [0.29, 0.717) is 5.75 Å². The van der Waals surface area contributed by atoms with Gasteiger partial charge in [-0.15, -0.1) is 0 Å². The first-order valence-electron chi connectivity index (χ1n) is 3.63. The van der Waals surface area contributed by atoms with Crippen molar-refractivity contribution in [3.8, 4) is 23.5 Å². The summed E-state index contributed by atoms with van der Waals surface area (Å²) in [6.45, 7) is 3.48. The molecule has 2 heteroatoms. The molecule has 0 amide bonds. The van der Waals surface area contributed by atoms with Crippen LogP contribution in [0, 0.1) is 19.0 Å². The monoisotopic (exact) mass is 162 g/mol. The molecule has 1 aromatic rings. The van der Waals surface area contributed by atoms with E-state index in [1.165, 1.54) is 0 Å². The molecule has 1 N–H and O–H groups in total. The highest BCUT2D eigenvalue weighted by molar-refractivity contribution is 5.45. The van der Waals surface area contributed by atoms with Crippen molar-refractivity contribution in [1.29, 1.82) is 0 Å². The second kappa shape index (κ2) is 3.68. The van der Waals surface area contributed by atoms with Gasteiger partial charge in [-0.05, 0) is 18.6 Å². The lowest BCUT2D eigenvalue weighted by Crippen LogP contribution is -1.84. The van der Waals surface area contributed by atoms with E-state index < -0.39 is 0 Å². The molecule has 0 bridgehead atoms. The van der Waals surface area contributed by atoms with Crippen molar-refractivity contribution in [3.05, 3.63) is 23.8 Å². The molecule has 0 saturated heterocycles. The van der Waals surface area contributed by atoms with Crippen LogP contribution in [0.5, 0.6) is 11.5 Å². The highest BCUT2D eigenvalue weighted by Crippen LogP contribution is 2.28. The Hall–Kier alpha value is -1.62. The first-order chi connectivity index (χ1) is 5.75. The van der Waals surface area contributed by atoms with Crippen molar-refractivity contribution in [2.75, 3.05) is 0 Å². The normalized spacial score (nSPS) is 8.50. The summed E-state index contributed by atoms with van der Waals surface area (Å²) in [6.07, 6.45) is 2.42. The predicted molar refractivity (Wildman–Crippen MR) is 46.9 cm³/mol. The van der Waals surface area contributed by atoms with E-state index in [0.717, 1.165) is 5.56 Å². The lowest BCUT2D eigenvalue weighted by molar-refractivity contribution is 0.421. The minimum Gasteiger partial charge on any atom is -0.504 e. The molecule has 0 aliphatic heterocycles. The van der Waals surface area contributed by atoms with Crippen molar-refractivity contribution >= 4 is 0 Å². The lowest BCUT2D eigenvalue weighted by Gasteiger charge is -2.02. The zero-order valence-electron chi connectivity index (χ0n) is 7.09. The first kappa shape index (κ1) is 8.48. The molecule has 0 fully saturated rings. The third-order valence-electron chi connectivity index (χ3n) is 1.46. The number of phenolic OH excluding ortho intramolecular Hbond substituents is 1. The molecule has 0 unspecified atom stereocenters. The first-order valence-corrected chi connectivity index (χ1v) is 3.63. The van der Waals surface area contributed by atoms with Crippen LogP contribution < -0.4 is 4.74 Å². The zero-order chi connectivity index (χ0) is 8.97. The molecule has 12 heavy (non-hydrogen) atoms. The van der Waals surface area contributed by atoms with Crippen LogP contribution in [0.4, 0.5) is 0 Å². The maximum Gasteiger partial charge on any atom is 0.182 e. The minimum atomic E-state index is 0.153. The van der Waals surface area contributed by atoms with E-state index in [1.54, 1.807) is 13.0 Å². The van der Waals surface area contributed by atoms with Gasteiger partial charge >= 0.3 is 0 Å². The lowest BCUT2D eigenvalue weighted by atomic mass is 10.2. The average molecular weight is 162 g/mol. The number of rotatable bonds is 1. The third kappa shape index (κ3) is 1.70. The number of hydrogen-bond acceptors (Lipinski definition) is 2. The third-order valence-corrected chi connectivity index (χ3v) is 1.46. The largest absolute Gasteiger partial charge is 0.504 e. The smallest absolute Gasteiger partial charge is 0.182 e. The molecule has 0 aromatic heterocycles. The van der Waals surface area contributed by atoms with Crippen molar-refractivity contribution in [3.63, 3.8) is 0 Å². The van der Waals surface area contributed by atoms with Crippen molar-refractivity contribution in [2.45, 2.75) is 13.8 Å². The molecule has 0 heterocycles. The van der Waals surface area contributed by atoms with E-state index in [9.17, 15) is 5.11 Å². The zero-order valence-corrected chi connectivity index (χ0v) is 7.09. The summed E-state index contributed by atoms with van der Waals surface area (Å²) in [5, 5.41) is 9.43. The van der Waals surface area contributed by atoms with Crippen LogP contribution in [-0.4, -0.2) is 5.11 Å². The van der Waals surface area contributed by atoms with Crippen LogP contribution in [0.2, 0.25) is 0 Å². The van der Waals surface area contributed by atoms with Gasteiger partial charge in [-0.1, -0.05) is 18.1 Å². The Kier molecular flexibility index (Phi) is 2.60. The van der Waals surface area contributed by atoms with E-state index in [-0.39, 0.29) is 5.75 Å². The highest BCUT2D eigenvalue weighted by atomic mass is 16.5. The van der Waals surface area contributed by atoms with Gasteiger partial charge in [0.1, 0.15) is 6.11 Å². The van der Waals surface area contributed by atoms with Crippen molar-refractivity contribution in [2.24, 2.45) is 0 Å². The molecule has 62 valence electrons. The van der Waals surface area contributed by atoms with Crippen LogP contribution in [0.25, 0.3) is 0 Å². The average Bonchev–Trinajstić information content (AvgIpc) is 2.08. The van der Waals surface area contributed by atoms with Crippen molar-refractivity contribution < 1.29 is 9.84 Å². The van der Waals surface area contributed by atoms with Gasteiger partial charge in [-0.25, -0.2) is 0 Å². The Balaban J connectivity index is 2.97. The van der Waals surface area contributed by atoms with E-state index >= 15 is 0 Å². The molecule has 0 saturated carbocycles. The van der Waals surface area contributed by atoms with Crippen LogP contribution in [0.3, 0.4) is 0 Å². The van der Waals surface area contributed by atoms with E-state index in [2.05, 4.69) is 12.0 Å². The van der Waals surface area contributed by atoms with Crippen LogP contribution in [0.15, 0.2) is 18.2 Å². The molecular formula is C10H10O2. The highest BCUT2D eigenvalue weighted by Gasteiger charge is 2.02. The Labute approximate surface area is 71.8 Å². The van der Waals surface area contributed by atoms with Gasteiger partial charge in [0.2, 0.25) is 0 Å². The molecule has 0 aliphatic rings. The number of para-hydroxylation sites is 1. The van der Waals surface area contributed by atoms with Gasteiger partial charge in [0.05, 0.1) is 0 Å². The van der Waals surface area contributed by atoms with E-state index in [1.807, 2.05) is 19.1 Å².